The van der Waals surface area contributed by atoms with Crippen molar-refractivity contribution in [3.8, 4) is 22.9 Å². The zero-order chi connectivity index (χ0) is 13.2. The van der Waals surface area contributed by atoms with Gasteiger partial charge in [0.05, 0.1) is 5.56 Å². The van der Waals surface area contributed by atoms with Crippen LogP contribution in [0.3, 0.4) is 0 Å². The fourth-order valence-electron chi connectivity index (χ4n) is 1.89. The summed E-state index contributed by atoms with van der Waals surface area (Å²) in [6.45, 7) is 2.03. The molecular formula is C15H11BrN2O. The van der Waals surface area contributed by atoms with Gasteiger partial charge < -0.3 is 4.42 Å². The molecule has 3 rings (SSSR count). The molecule has 0 unspecified atom stereocenters. The van der Waals surface area contributed by atoms with Gasteiger partial charge >= 0.3 is 0 Å². The molecule has 0 fully saturated rings. The van der Waals surface area contributed by atoms with E-state index in [1.54, 1.807) is 0 Å². The summed E-state index contributed by atoms with van der Waals surface area (Å²) < 4.78 is 6.70. The van der Waals surface area contributed by atoms with Gasteiger partial charge in [-0.1, -0.05) is 30.3 Å². The molecule has 0 aliphatic carbocycles. The van der Waals surface area contributed by atoms with Gasteiger partial charge in [0, 0.05) is 10.0 Å². The lowest BCUT2D eigenvalue weighted by Crippen LogP contribution is -1.81. The highest BCUT2D eigenvalue weighted by Gasteiger charge is 2.13. The summed E-state index contributed by atoms with van der Waals surface area (Å²) in [7, 11) is 0. The third kappa shape index (κ3) is 2.31. The average Bonchev–Trinajstić information content (AvgIpc) is 2.89. The van der Waals surface area contributed by atoms with Crippen molar-refractivity contribution in [1.82, 2.24) is 10.2 Å². The molecule has 0 aliphatic rings. The van der Waals surface area contributed by atoms with E-state index in [4.69, 9.17) is 4.42 Å². The third-order valence-corrected chi connectivity index (χ3v) is 3.60. The quantitative estimate of drug-likeness (QED) is 0.700. The molecule has 0 atom stereocenters. The maximum atomic E-state index is 5.77. The van der Waals surface area contributed by atoms with Crippen LogP contribution in [0.1, 0.15) is 5.56 Å². The maximum Gasteiger partial charge on any atom is 0.249 e. The monoisotopic (exact) mass is 314 g/mol. The lowest BCUT2D eigenvalue weighted by atomic mass is 10.1. The SMILES string of the molecule is Cc1ccccc1-c1nnc(-c2ccccc2Br)o1. The molecule has 2 aromatic carbocycles. The van der Waals surface area contributed by atoms with Crippen LogP contribution in [0.2, 0.25) is 0 Å². The first-order chi connectivity index (χ1) is 9.25. The van der Waals surface area contributed by atoms with Crippen LogP contribution in [0.25, 0.3) is 22.9 Å². The molecule has 94 valence electrons. The Labute approximate surface area is 119 Å². The number of halogens is 1. The molecule has 19 heavy (non-hydrogen) atoms. The molecule has 0 radical (unpaired) electrons. The first-order valence-electron chi connectivity index (χ1n) is 5.90. The van der Waals surface area contributed by atoms with Crippen LogP contribution < -0.4 is 0 Å². The fraction of sp³-hybridized carbons (Fsp3) is 0.0667. The molecule has 3 aromatic rings. The Kier molecular flexibility index (Phi) is 3.17. The van der Waals surface area contributed by atoms with Gasteiger partial charge in [-0.25, -0.2) is 0 Å². The summed E-state index contributed by atoms with van der Waals surface area (Å²) >= 11 is 3.49. The van der Waals surface area contributed by atoms with Crippen LogP contribution in [0.4, 0.5) is 0 Å². The molecule has 0 spiro atoms. The topological polar surface area (TPSA) is 38.9 Å². The smallest absolute Gasteiger partial charge is 0.249 e. The van der Waals surface area contributed by atoms with Crippen molar-refractivity contribution in [3.05, 3.63) is 58.6 Å². The Morgan fingerprint density at radius 2 is 1.42 bits per heavy atom. The number of hydrogen-bond donors (Lipinski definition) is 0. The van der Waals surface area contributed by atoms with E-state index in [1.807, 2.05) is 55.5 Å². The number of rotatable bonds is 2. The highest BCUT2D eigenvalue weighted by Crippen LogP contribution is 2.30. The van der Waals surface area contributed by atoms with Gasteiger partial charge in [0.25, 0.3) is 0 Å². The second-order valence-electron chi connectivity index (χ2n) is 4.21. The van der Waals surface area contributed by atoms with Crippen molar-refractivity contribution < 1.29 is 4.42 Å². The second kappa shape index (κ2) is 4.97. The van der Waals surface area contributed by atoms with E-state index in [0.717, 1.165) is 21.2 Å². The van der Waals surface area contributed by atoms with E-state index >= 15 is 0 Å². The van der Waals surface area contributed by atoms with Crippen molar-refractivity contribution in [2.24, 2.45) is 0 Å². The zero-order valence-electron chi connectivity index (χ0n) is 10.3. The van der Waals surface area contributed by atoms with Crippen molar-refractivity contribution in [1.29, 1.82) is 0 Å². The van der Waals surface area contributed by atoms with Crippen LogP contribution in [0, 0.1) is 6.92 Å². The molecule has 3 nitrogen and oxygen atoms in total. The molecule has 0 bridgehead atoms. The molecule has 0 amide bonds. The predicted octanol–water partition coefficient (Wildman–Crippen LogP) is 4.47. The number of nitrogens with zero attached hydrogens (tertiary/aromatic N) is 2. The molecule has 0 saturated heterocycles. The van der Waals surface area contributed by atoms with E-state index in [9.17, 15) is 0 Å². The summed E-state index contributed by atoms with van der Waals surface area (Å²) in [6.07, 6.45) is 0. The normalized spacial score (nSPS) is 10.6. The van der Waals surface area contributed by atoms with Gasteiger partial charge in [0.15, 0.2) is 0 Å². The maximum absolute atomic E-state index is 5.77. The van der Waals surface area contributed by atoms with E-state index in [2.05, 4.69) is 26.1 Å². The number of aromatic nitrogens is 2. The van der Waals surface area contributed by atoms with E-state index in [0.29, 0.717) is 11.8 Å². The fourth-order valence-corrected chi connectivity index (χ4v) is 2.34. The van der Waals surface area contributed by atoms with Gasteiger partial charge in [-0.15, -0.1) is 10.2 Å². The second-order valence-corrected chi connectivity index (χ2v) is 5.06. The highest BCUT2D eigenvalue weighted by atomic mass is 79.9. The molecule has 1 heterocycles. The Balaban J connectivity index is 2.06. The molecule has 1 aromatic heterocycles. The Morgan fingerprint density at radius 3 is 2.11 bits per heavy atom. The van der Waals surface area contributed by atoms with Crippen molar-refractivity contribution in [2.45, 2.75) is 6.92 Å². The number of benzene rings is 2. The summed E-state index contributed by atoms with van der Waals surface area (Å²) in [5.41, 5.74) is 2.98. The number of aryl methyl sites for hydroxylation is 1. The Bertz CT molecular complexity index is 661. The van der Waals surface area contributed by atoms with Gasteiger partial charge in [-0.05, 0) is 46.6 Å². The Hall–Kier alpha value is -1.94. The average molecular weight is 315 g/mol. The molecule has 0 aliphatic heterocycles. The van der Waals surface area contributed by atoms with Gasteiger partial charge in [0.2, 0.25) is 11.8 Å². The van der Waals surface area contributed by atoms with Gasteiger partial charge in [-0.2, -0.15) is 0 Å². The third-order valence-electron chi connectivity index (χ3n) is 2.90. The van der Waals surface area contributed by atoms with E-state index in [-0.39, 0.29) is 0 Å². The first-order valence-corrected chi connectivity index (χ1v) is 6.69. The van der Waals surface area contributed by atoms with Crippen LogP contribution in [-0.2, 0) is 0 Å². The summed E-state index contributed by atoms with van der Waals surface area (Å²) in [5, 5.41) is 8.25. The summed E-state index contributed by atoms with van der Waals surface area (Å²) in [6, 6.07) is 15.7. The highest BCUT2D eigenvalue weighted by molar-refractivity contribution is 9.10. The lowest BCUT2D eigenvalue weighted by molar-refractivity contribution is 0.584. The van der Waals surface area contributed by atoms with Crippen LogP contribution in [0.15, 0.2) is 57.4 Å². The summed E-state index contributed by atoms with van der Waals surface area (Å²) in [5.74, 6) is 1.06. The lowest BCUT2D eigenvalue weighted by Gasteiger charge is -1.99. The van der Waals surface area contributed by atoms with Crippen molar-refractivity contribution >= 4 is 15.9 Å². The van der Waals surface area contributed by atoms with Crippen LogP contribution >= 0.6 is 15.9 Å². The molecule has 0 N–H and O–H groups in total. The largest absolute Gasteiger partial charge is 0.416 e. The van der Waals surface area contributed by atoms with Crippen molar-refractivity contribution in [2.75, 3.05) is 0 Å². The molecular weight excluding hydrogens is 304 g/mol. The minimum absolute atomic E-state index is 0.519. The standard InChI is InChI=1S/C15H11BrN2O/c1-10-6-2-3-7-11(10)14-17-18-15(19-14)12-8-4-5-9-13(12)16/h2-9H,1H3. The Morgan fingerprint density at radius 1 is 0.842 bits per heavy atom. The molecule has 0 saturated carbocycles. The zero-order valence-corrected chi connectivity index (χ0v) is 11.9. The van der Waals surface area contributed by atoms with Gasteiger partial charge in [0.1, 0.15) is 0 Å². The minimum Gasteiger partial charge on any atom is -0.416 e. The number of hydrogen-bond acceptors (Lipinski definition) is 3. The summed E-state index contributed by atoms with van der Waals surface area (Å²) in [4.78, 5) is 0. The molecule has 4 heteroatoms. The van der Waals surface area contributed by atoms with Gasteiger partial charge in [-0.3, -0.25) is 0 Å². The predicted molar refractivity (Wildman–Crippen MR) is 77.6 cm³/mol. The van der Waals surface area contributed by atoms with E-state index in [1.165, 1.54) is 0 Å². The van der Waals surface area contributed by atoms with Crippen LogP contribution in [0.5, 0.6) is 0 Å². The van der Waals surface area contributed by atoms with Crippen molar-refractivity contribution in [3.63, 3.8) is 0 Å². The minimum atomic E-state index is 0.519. The van der Waals surface area contributed by atoms with Crippen LogP contribution in [-0.4, -0.2) is 10.2 Å². The van der Waals surface area contributed by atoms with E-state index < -0.39 is 0 Å². The first kappa shape index (κ1) is 12.1.